The maximum absolute atomic E-state index is 9.07. The van der Waals surface area contributed by atoms with Crippen LogP contribution in [0, 0.1) is 0 Å². The molecule has 0 amide bonds. The number of furan rings is 1. The van der Waals surface area contributed by atoms with Gasteiger partial charge in [-0.15, -0.1) is 11.3 Å². The first-order valence-corrected chi connectivity index (χ1v) is 7.94. The van der Waals surface area contributed by atoms with Crippen LogP contribution < -0.4 is 11.1 Å². The van der Waals surface area contributed by atoms with Crippen LogP contribution in [0.5, 0.6) is 0 Å². The Morgan fingerprint density at radius 3 is 3.05 bits per heavy atom. The largest absolute Gasteiger partial charge is 0.467 e. The van der Waals surface area contributed by atoms with Crippen molar-refractivity contribution in [1.29, 1.82) is 0 Å². The zero-order chi connectivity index (χ0) is 15.5. The zero-order valence-corrected chi connectivity index (χ0v) is 13.2. The number of anilines is 1. The SMILES string of the molecule is N[C@@H](CO)Cc1cc2nc(Cl)nc(NCc3ccco3)c2s1. The Balaban J connectivity index is 1.87. The fraction of sp³-hybridized carbons (Fsp3) is 0.286. The number of aliphatic hydroxyl groups excluding tert-OH is 1. The van der Waals surface area contributed by atoms with Gasteiger partial charge in [-0.25, -0.2) is 4.98 Å². The second-order valence-electron chi connectivity index (χ2n) is 4.85. The third-order valence-electron chi connectivity index (χ3n) is 3.10. The molecule has 1 atom stereocenters. The molecule has 8 heteroatoms. The highest BCUT2D eigenvalue weighted by Crippen LogP contribution is 2.31. The molecule has 0 radical (unpaired) electrons. The minimum atomic E-state index is -0.281. The fourth-order valence-corrected chi connectivity index (χ4v) is 3.41. The van der Waals surface area contributed by atoms with Crippen molar-refractivity contribution in [2.75, 3.05) is 11.9 Å². The summed E-state index contributed by atoms with van der Waals surface area (Å²) in [6.45, 7) is 0.461. The van der Waals surface area contributed by atoms with Gasteiger partial charge in [0.15, 0.2) is 0 Å². The van der Waals surface area contributed by atoms with Crippen LogP contribution in [0.25, 0.3) is 10.2 Å². The normalized spacial score (nSPS) is 12.7. The molecular weight excluding hydrogens is 324 g/mol. The van der Waals surface area contributed by atoms with E-state index in [1.54, 1.807) is 17.6 Å². The van der Waals surface area contributed by atoms with Crippen LogP contribution in [0.4, 0.5) is 5.82 Å². The summed E-state index contributed by atoms with van der Waals surface area (Å²) in [5.74, 6) is 1.47. The summed E-state index contributed by atoms with van der Waals surface area (Å²) in [7, 11) is 0. The van der Waals surface area contributed by atoms with Crippen LogP contribution in [-0.2, 0) is 13.0 Å². The van der Waals surface area contributed by atoms with E-state index in [0.29, 0.717) is 18.8 Å². The molecule has 0 aromatic carbocycles. The number of nitrogens with one attached hydrogen (secondary N) is 1. The number of halogens is 1. The fourth-order valence-electron chi connectivity index (χ4n) is 2.08. The number of hydrogen-bond acceptors (Lipinski definition) is 7. The molecule has 116 valence electrons. The van der Waals surface area contributed by atoms with Crippen LogP contribution in [0.1, 0.15) is 10.6 Å². The molecule has 0 bridgehead atoms. The van der Waals surface area contributed by atoms with E-state index in [-0.39, 0.29) is 17.9 Å². The molecule has 0 aliphatic heterocycles. The second-order valence-corrected chi connectivity index (χ2v) is 6.32. The number of rotatable bonds is 6. The summed E-state index contributed by atoms with van der Waals surface area (Å²) in [4.78, 5) is 9.51. The van der Waals surface area contributed by atoms with Crippen LogP contribution >= 0.6 is 22.9 Å². The maximum Gasteiger partial charge on any atom is 0.224 e. The molecule has 3 aromatic rings. The highest BCUT2D eigenvalue weighted by molar-refractivity contribution is 7.19. The van der Waals surface area contributed by atoms with Gasteiger partial charge in [0, 0.05) is 10.9 Å². The second kappa shape index (κ2) is 6.62. The van der Waals surface area contributed by atoms with Gasteiger partial charge >= 0.3 is 0 Å². The standard InChI is InChI=1S/C14H15ClN4O2S/c15-14-18-11-5-10(4-8(16)7-20)22-12(11)13(19-14)17-6-9-2-1-3-21-9/h1-3,5,8,20H,4,6-7,16H2,(H,17,18,19)/t8-/m1/s1. The van der Waals surface area contributed by atoms with Gasteiger partial charge in [-0.1, -0.05) is 0 Å². The Hall–Kier alpha value is -1.67. The summed E-state index contributed by atoms with van der Waals surface area (Å²) in [5, 5.41) is 12.5. The van der Waals surface area contributed by atoms with Gasteiger partial charge in [-0.3, -0.25) is 0 Å². The minimum Gasteiger partial charge on any atom is -0.467 e. The Labute approximate surface area is 135 Å². The zero-order valence-electron chi connectivity index (χ0n) is 11.6. The van der Waals surface area contributed by atoms with Gasteiger partial charge in [0.05, 0.1) is 29.6 Å². The first kappa shape index (κ1) is 15.2. The van der Waals surface area contributed by atoms with Gasteiger partial charge in [0.1, 0.15) is 11.6 Å². The molecule has 0 saturated carbocycles. The number of fused-ring (bicyclic) bond motifs is 1. The van der Waals surface area contributed by atoms with E-state index in [2.05, 4.69) is 15.3 Å². The highest BCUT2D eigenvalue weighted by atomic mass is 35.5. The lowest BCUT2D eigenvalue weighted by atomic mass is 10.2. The van der Waals surface area contributed by atoms with Crippen molar-refractivity contribution >= 4 is 39.0 Å². The quantitative estimate of drug-likeness (QED) is 0.597. The molecule has 6 nitrogen and oxygen atoms in total. The Morgan fingerprint density at radius 1 is 1.45 bits per heavy atom. The third kappa shape index (κ3) is 3.38. The van der Waals surface area contributed by atoms with Crippen LogP contribution in [0.15, 0.2) is 28.9 Å². The summed E-state index contributed by atoms with van der Waals surface area (Å²) < 4.78 is 6.20. The molecule has 0 spiro atoms. The summed E-state index contributed by atoms with van der Waals surface area (Å²) in [5.41, 5.74) is 6.55. The average molecular weight is 339 g/mol. The predicted molar refractivity (Wildman–Crippen MR) is 87.2 cm³/mol. The number of aliphatic hydroxyl groups is 1. The van der Waals surface area contributed by atoms with E-state index >= 15 is 0 Å². The van der Waals surface area contributed by atoms with Crippen molar-refractivity contribution in [2.24, 2.45) is 5.73 Å². The summed E-state index contributed by atoms with van der Waals surface area (Å²) >= 11 is 7.53. The Bertz CT molecular complexity index is 760. The minimum absolute atomic E-state index is 0.0513. The van der Waals surface area contributed by atoms with Crippen LogP contribution in [0.2, 0.25) is 5.28 Å². The third-order valence-corrected chi connectivity index (χ3v) is 4.43. The molecule has 0 aliphatic rings. The van der Waals surface area contributed by atoms with E-state index in [4.69, 9.17) is 26.9 Å². The van der Waals surface area contributed by atoms with Gasteiger partial charge in [0.25, 0.3) is 0 Å². The van der Waals surface area contributed by atoms with Crippen LogP contribution in [0.3, 0.4) is 0 Å². The van der Waals surface area contributed by atoms with Gasteiger partial charge in [-0.05, 0) is 36.2 Å². The number of nitrogens with zero attached hydrogens (tertiary/aromatic N) is 2. The van der Waals surface area contributed by atoms with Crippen molar-refractivity contribution in [3.8, 4) is 0 Å². The smallest absolute Gasteiger partial charge is 0.224 e. The number of aromatic nitrogens is 2. The molecule has 22 heavy (non-hydrogen) atoms. The average Bonchev–Trinajstić information content (AvgIpc) is 3.13. The molecule has 3 aromatic heterocycles. The number of hydrogen-bond donors (Lipinski definition) is 3. The highest BCUT2D eigenvalue weighted by Gasteiger charge is 2.13. The number of thiophene rings is 1. The summed E-state index contributed by atoms with van der Waals surface area (Å²) in [6, 6.07) is 5.36. The topological polar surface area (TPSA) is 97.2 Å². The van der Waals surface area contributed by atoms with Crippen molar-refractivity contribution in [1.82, 2.24) is 9.97 Å². The van der Waals surface area contributed by atoms with Crippen molar-refractivity contribution in [3.63, 3.8) is 0 Å². The molecular formula is C14H15ClN4O2S. The van der Waals surface area contributed by atoms with Crippen molar-refractivity contribution < 1.29 is 9.52 Å². The van der Waals surface area contributed by atoms with Crippen molar-refractivity contribution in [3.05, 3.63) is 40.4 Å². The Morgan fingerprint density at radius 2 is 2.32 bits per heavy atom. The van der Waals surface area contributed by atoms with Gasteiger partial charge < -0.3 is 20.6 Å². The maximum atomic E-state index is 9.07. The van der Waals surface area contributed by atoms with E-state index < -0.39 is 0 Å². The molecule has 0 saturated heterocycles. The lowest BCUT2D eigenvalue weighted by Crippen LogP contribution is -2.26. The summed E-state index contributed by atoms with van der Waals surface area (Å²) in [6.07, 6.45) is 2.21. The monoisotopic (exact) mass is 338 g/mol. The lowest BCUT2D eigenvalue weighted by molar-refractivity contribution is 0.266. The van der Waals surface area contributed by atoms with E-state index in [1.807, 2.05) is 18.2 Å². The number of nitrogens with two attached hydrogens (primary N) is 1. The van der Waals surface area contributed by atoms with E-state index in [1.165, 1.54) is 0 Å². The van der Waals surface area contributed by atoms with Gasteiger partial charge in [-0.2, -0.15) is 4.98 Å². The Kier molecular flexibility index (Phi) is 4.58. The molecule has 0 aliphatic carbocycles. The first-order valence-electron chi connectivity index (χ1n) is 6.74. The predicted octanol–water partition coefficient (Wildman–Crippen LogP) is 2.41. The molecule has 4 N–H and O–H groups in total. The molecule has 3 rings (SSSR count). The first-order chi connectivity index (χ1) is 10.7. The molecule has 0 fully saturated rings. The molecule has 3 heterocycles. The van der Waals surface area contributed by atoms with E-state index in [9.17, 15) is 0 Å². The van der Waals surface area contributed by atoms with Crippen LogP contribution in [-0.4, -0.2) is 27.7 Å². The van der Waals surface area contributed by atoms with Gasteiger partial charge in [0.2, 0.25) is 5.28 Å². The molecule has 0 unspecified atom stereocenters. The van der Waals surface area contributed by atoms with E-state index in [0.717, 1.165) is 20.9 Å². The lowest BCUT2D eigenvalue weighted by Gasteiger charge is -2.05. The van der Waals surface area contributed by atoms with Crippen molar-refractivity contribution in [2.45, 2.75) is 19.0 Å².